The summed E-state index contributed by atoms with van der Waals surface area (Å²) >= 11 is 1.59. The maximum absolute atomic E-state index is 13.0. The van der Waals surface area contributed by atoms with E-state index in [2.05, 4.69) is 16.9 Å². The molecule has 9 heteroatoms. The standard InChI is InChI=1S/C25H31N3O4S2/c1-3-4-5-14-28-24(19-33-25(28)26-21-8-10-22(31-2)11-9-21)20-6-12-23(13-7-20)34(29,30)27-15-17-32-18-16-27/h6-13,19H,3-5,14-18H2,1-2H3. The van der Waals surface area contributed by atoms with Gasteiger partial charge in [-0.1, -0.05) is 31.9 Å². The summed E-state index contributed by atoms with van der Waals surface area (Å²) in [4.78, 5) is 6.10. The van der Waals surface area contributed by atoms with Gasteiger partial charge in [-0.25, -0.2) is 13.4 Å². The summed E-state index contributed by atoms with van der Waals surface area (Å²) in [7, 11) is -1.86. The van der Waals surface area contributed by atoms with E-state index < -0.39 is 10.0 Å². The molecule has 0 amide bonds. The number of hydrogen-bond acceptors (Lipinski definition) is 6. The van der Waals surface area contributed by atoms with Crippen LogP contribution >= 0.6 is 11.3 Å². The van der Waals surface area contributed by atoms with Crippen molar-refractivity contribution in [1.29, 1.82) is 0 Å². The molecule has 0 radical (unpaired) electrons. The number of aromatic nitrogens is 1. The summed E-state index contributed by atoms with van der Waals surface area (Å²) in [6.07, 6.45) is 3.33. The Labute approximate surface area is 205 Å². The van der Waals surface area contributed by atoms with Gasteiger partial charge in [0.15, 0.2) is 4.80 Å². The first-order chi connectivity index (χ1) is 16.5. The Morgan fingerprint density at radius 3 is 2.38 bits per heavy atom. The number of methoxy groups -OCH3 is 1. The van der Waals surface area contributed by atoms with Gasteiger partial charge in [0.25, 0.3) is 0 Å². The number of benzene rings is 2. The zero-order valence-electron chi connectivity index (χ0n) is 19.6. The highest BCUT2D eigenvalue weighted by molar-refractivity contribution is 7.89. The molecule has 0 spiro atoms. The molecule has 0 atom stereocenters. The number of nitrogens with zero attached hydrogens (tertiary/aromatic N) is 3. The average Bonchev–Trinajstić information content (AvgIpc) is 3.27. The molecule has 1 aliphatic heterocycles. The minimum atomic E-state index is -3.51. The van der Waals surface area contributed by atoms with Crippen molar-refractivity contribution in [3.63, 3.8) is 0 Å². The number of morpholine rings is 1. The van der Waals surface area contributed by atoms with E-state index in [1.165, 1.54) is 4.31 Å². The van der Waals surface area contributed by atoms with Crippen LogP contribution in [0.5, 0.6) is 5.75 Å². The molecule has 4 rings (SSSR count). The Hall–Kier alpha value is -2.46. The van der Waals surface area contributed by atoms with E-state index in [9.17, 15) is 8.42 Å². The number of ether oxygens (including phenoxy) is 2. The van der Waals surface area contributed by atoms with E-state index in [0.717, 1.165) is 53.3 Å². The first kappa shape index (κ1) is 24.7. The van der Waals surface area contributed by atoms with E-state index in [0.29, 0.717) is 31.2 Å². The SMILES string of the molecule is CCCCCn1c(-c2ccc(S(=O)(=O)N3CCOCC3)cc2)csc1=Nc1ccc(OC)cc1. The number of sulfonamides is 1. The molecule has 1 fully saturated rings. The summed E-state index contributed by atoms with van der Waals surface area (Å²) in [5, 5.41) is 2.10. The van der Waals surface area contributed by atoms with E-state index in [4.69, 9.17) is 14.5 Å². The molecule has 1 aromatic heterocycles. The van der Waals surface area contributed by atoms with Crippen LogP contribution in [0.15, 0.2) is 63.8 Å². The summed E-state index contributed by atoms with van der Waals surface area (Å²) in [5.74, 6) is 0.800. The molecule has 34 heavy (non-hydrogen) atoms. The number of hydrogen-bond donors (Lipinski definition) is 0. The van der Waals surface area contributed by atoms with Gasteiger partial charge in [-0.15, -0.1) is 11.3 Å². The van der Waals surface area contributed by atoms with Gasteiger partial charge < -0.3 is 14.0 Å². The third-order valence-corrected chi connectivity index (χ3v) is 8.61. The molecule has 182 valence electrons. The molecule has 0 bridgehead atoms. The van der Waals surface area contributed by atoms with Crippen molar-refractivity contribution in [1.82, 2.24) is 8.87 Å². The fourth-order valence-corrected chi connectivity index (χ4v) is 6.25. The third-order valence-electron chi connectivity index (χ3n) is 5.84. The van der Waals surface area contributed by atoms with Crippen LogP contribution in [-0.4, -0.2) is 50.7 Å². The number of thiazole rings is 1. The normalized spacial score (nSPS) is 15.5. The predicted molar refractivity (Wildman–Crippen MR) is 135 cm³/mol. The van der Waals surface area contributed by atoms with Gasteiger partial charge in [0.05, 0.1) is 36.6 Å². The molecule has 0 unspecified atom stereocenters. The van der Waals surface area contributed by atoms with E-state index in [-0.39, 0.29) is 0 Å². The van der Waals surface area contributed by atoms with E-state index in [1.54, 1.807) is 30.6 Å². The van der Waals surface area contributed by atoms with Crippen LogP contribution in [0, 0.1) is 0 Å². The van der Waals surface area contributed by atoms with Gasteiger partial charge in [-0.3, -0.25) is 0 Å². The van der Waals surface area contributed by atoms with Crippen molar-refractivity contribution in [3.05, 3.63) is 58.7 Å². The highest BCUT2D eigenvalue weighted by atomic mass is 32.2. The monoisotopic (exact) mass is 501 g/mol. The fourth-order valence-electron chi connectivity index (χ4n) is 3.89. The molecule has 0 saturated carbocycles. The molecular weight excluding hydrogens is 470 g/mol. The van der Waals surface area contributed by atoms with Gasteiger partial charge in [0.2, 0.25) is 10.0 Å². The van der Waals surface area contributed by atoms with Crippen LogP contribution in [0.4, 0.5) is 5.69 Å². The molecule has 3 aromatic rings. The van der Waals surface area contributed by atoms with Crippen LogP contribution in [0.25, 0.3) is 11.3 Å². The molecular formula is C25H31N3O4S2. The van der Waals surface area contributed by atoms with Gasteiger partial charge in [-0.2, -0.15) is 4.31 Å². The van der Waals surface area contributed by atoms with Gasteiger partial charge >= 0.3 is 0 Å². The summed E-state index contributed by atoms with van der Waals surface area (Å²) in [6.45, 7) is 4.70. The van der Waals surface area contributed by atoms with Crippen molar-refractivity contribution < 1.29 is 17.9 Å². The van der Waals surface area contributed by atoms with Crippen molar-refractivity contribution in [2.24, 2.45) is 4.99 Å². The highest BCUT2D eigenvalue weighted by Crippen LogP contribution is 2.25. The molecule has 2 aromatic carbocycles. The molecule has 7 nitrogen and oxygen atoms in total. The summed E-state index contributed by atoms with van der Waals surface area (Å²) in [5.41, 5.74) is 2.89. The van der Waals surface area contributed by atoms with Gasteiger partial charge in [0, 0.05) is 25.0 Å². The molecule has 0 aliphatic carbocycles. The number of unbranched alkanes of at least 4 members (excludes halogenated alkanes) is 2. The van der Waals surface area contributed by atoms with Crippen LogP contribution in [0.1, 0.15) is 26.2 Å². The Balaban J connectivity index is 1.65. The van der Waals surface area contributed by atoms with Crippen molar-refractivity contribution in [2.45, 2.75) is 37.6 Å². The zero-order valence-corrected chi connectivity index (χ0v) is 21.3. The van der Waals surface area contributed by atoms with Crippen molar-refractivity contribution in [2.75, 3.05) is 33.4 Å². The number of rotatable bonds is 9. The van der Waals surface area contributed by atoms with E-state index >= 15 is 0 Å². The van der Waals surface area contributed by atoms with Crippen molar-refractivity contribution in [3.8, 4) is 17.0 Å². The van der Waals surface area contributed by atoms with Crippen LogP contribution in [0.2, 0.25) is 0 Å². The lowest BCUT2D eigenvalue weighted by atomic mass is 10.1. The zero-order chi connectivity index (χ0) is 24.0. The second-order valence-electron chi connectivity index (χ2n) is 8.11. The molecule has 0 N–H and O–H groups in total. The second-order valence-corrected chi connectivity index (χ2v) is 10.9. The lowest BCUT2D eigenvalue weighted by molar-refractivity contribution is 0.0730. The minimum Gasteiger partial charge on any atom is -0.497 e. The average molecular weight is 502 g/mol. The van der Waals surface area contributed by atoms with Crippen LogP contribution in [-0.2, 0) is 21.3 Å². The Morgan fingerprint density at radius 2 is 1.74 bits per heavy atom. The maximum Gasteiger partial charge on any atom is 0.243 e. The summed E-state index contributed by atoms with van der Waals surface area (Å²) in [6, 6.07) is 14.9. The highest BCUT2D eigenvalue weighted by Gasteiger charge is 2.26. The van der Waals surface area contributed by atoms with Gasteiger partial charge in [-0.05, 0) is 48.4 Å². The van der Waals surface area contributed by atoms with Crippen molar-refractivity contribution >= 4 is 27.0 Å². The summed E-state index contributed by atoms with van der Waals surface area (Å²) < 4.78 is 40.2. The Morgan fingerprint density at radius 1 is 1.03 bits per heavy atom. The first-order valence-electron chi connectivity index (χ1n) is 11.6. The van der Waals surface area contributed by atoms with Crippen LogP contribution in [0.3, 0.4) is 0 Å². The molecule has 1 aliphatic rings. The third kappa shape index (κ3) is 5.60. The second kappa shape index (κ2) is 11.3. The maximum atomic E-state index is 13.0. The van der Waals surface area contributed by atoms with E-state index in [1.807, 2.05) is 36.4 Å². The predicted octanol–water partition coefficient (Wildman–Crippen LogP) is 4.67. The molecule has 1 saturated heterocycles. The topological polar surface area (TPSA) is 73.1 Å². The fraction of sp³-hybridized carbons (Fsp3) is 0.400. The lowest BCUT2D eigenvalue weighted by Gasteiger charge is -2.26. The largest absolute Gasteiger partial charge is 0.497 e. The smallest absolute Gasteiger partial charge is 0.243 e. The lowest BCUT2D eigenvalue weighted by Crippen LogP contribution is -2.40. The van der Waals surface area contributed by atoms with Crippen LogP contribution < -0.4 is 9.54 Å². The first-order valence-corrected chi connectivity index (χ1v) is 13.9. The minimum absolute atomic E-state index is 0.314. The Bertz CT molecular complexity index is 1240. The quantitative estimate of drug-likeness (QED) is 0.400. The Kier molecular flexibility index (Phi) is 8.20. The molecule has 2 heterocycles. The van der Waals surface area contributed by atoms with Gasteiger partial charge in [0.1, 0.15) is 5.75 Å².